The fourth-order valence-corrected chi connectivity index (χ4v) is 8.81. The molecule has 2 aromatic heterocycles. The number of benzene rings is 8. The van der Waals surface area contributed by atoms with E-state index in [2.05, 4.69) is 170 Å². The van der Waals surface area contributed by atoms with E-state index in [1.54, 1.807) is 0 Å². The van der Waals surface area contributed by atoms with E-state index >= 15 is 0 Å². The van der Waals surface area contributed by atoms with Gasteiger partial charge in [-0.25, -0.2) is 9.97 Å². The summed E-state index contributed by atoms with van der Waals surface area (Å²) >= 11 is 0. The molecule has 50 heavy (non-hydrogen) atoms. The summed E-state index contributed by atoms with van der Waals surface area (Å²) in [5.74, 6) is 0.848. The Hall–Kier alpha value is -6.32. The molecule has 0 N–H and O–H groups in total. The highest BCUT2D eigenvalue weighted by Crippen LogP contribution is 2.53. The predicted molar refractivity (Wildman–Crippen MR) is 209 cm³/mol. The van der Waals surface area contributed by atoms with Crippen LogP contribution in [0.4, 0.5) is 0 Å². The molecule has 0 spiro atoms. The van der Waals surface area contributed by atoms with Gasteiger partial charge in [-0.05, 0) is 67.4 Å². The summed E-state index contributed by atoms with van der Waals surface area (Å²) in [6.45, 7) is 4.75. The van der Waals surface area contributed by atoms with Gasteiger partial charge in [-0.1, -0.05) is 147 Å². The van der Waals surface area contributed by atoms with Crippen LogP contribution in [0.25, 0.3) is 93.4 Å². The van der Waals surface area contributed by atoms with Crippen molar-refractivity contribution in [2.24, 2.45) is 0 Å². The zero-order valence-corrected chi connectivity index (χ0v) is 27.8. The van der Waals surface area contributed by atoms with Crippen molar-refractivity contribution in [3.63, 3.8) is 0 Å². The van der Waals surface area contributed by atoms with E-state index in [-0.39, 0.29) is 5.41 Å². The third-order valence-electron chi connectivity index (χ3n) is 11.1. The van der Waals surface area contributed by atoms with Crippen LogP contribution in [0.15, 0.2) is 152 Å². The fourth-order valence-electron chi connectivity index (χ4n) is 8.81. The van der Waals surface area contributed by atoms with E-state index in [9.17, 15) is 0 Å². The Labute approximate surface area is 289 Å². The first-order valence-corrected chi connectivity index (χ1v) is 17.3. The average Bonchev–Trinajstić information content (AvgIpc) is 3.60. The molecule has 0 radical (unpaired) electrons. The van der Waals surface area contributed by atoms with Gasteiger partial charge in [0.1, 0.15) is 5.69 Å². The second-order valence-electron chi connectivity index (χ2n) is 14.2. The molecule has 1 aliphatic rings. The van der Waals surface area contributed by atoms with Crippen molar-refractivity contribution in [3.8, 4) is 28.2 Å². The smallest absolute Gasteiger partial charge is 0.165 e. The maximum atomic E-state index is 5.73. The fraction of sp³-hybridized carbons (Fsp3) is 0.0638. The lowest BCUT2D eigenvalue weighted by Crippen LogP contribution is -2.17. The Morgan fingerprint density at radius 3 is 1.98 bits per heavy atom. The van der Waals surface area contributed by atoms with Crippen LogP contribution < -0.4 is 0 Å². The van der Waals surface area contributed by atoms with Gasteiger partial charge in [0.15, 0.2) is 5.82 Å². The van der Waals surface area contributed by atoms with Gasteiger partial charge in [-0.3, -0.25) is 4.57 Å². The quantitative estimate of drug-likeness (QED) is 0.177. The number of aromatic nitrogens is 3. The van der Waals surface area contributed by atoms with Crippen molar-refractivity contribution in [2.75, 3.05) is 0 Å². The van der Waals surface area contributed by atoms with Crippen LogP contribution in [0.1, 0.15) is 25.0 Å². The first kappa shape index (κ1) is 27.6. The first-order chi connectivity index (χ1) is 24.6. The minimum Gasteiger partial charge on any atom is -0.292 e. The van der Waals surface area contributed by atoms with Crippen LogP contribution in [0.3, 0.4) is 0 Å². The predicted octanol–water partition coefficient (Wildman–Crippen LogP) is 12.2. The molecule has 0 fully saturated rings. The number of fused-ring (bicyclic) bond motifs is 12. The molecule has 0 amide bonds. The molecule has 10 aromatic rings. The molecule has 1 aliphatic carbocycles. The third kappa shape index (κ3) is 3.64. The molecule has 8 aromatic carbocycles. The summed E-state index contributed by atoms with van der Waals surface area (Å²) in [7, 11) is 0. The van der Waals surface area contributed by atoms with Gasteiger partial charge in [-0.2, -0.15) is 0 Å². The van der Waals surface area contributed by atoms with E-state index in [1.165, 1.54) is 54.7 Å². The molecule has 2 heterocycles. The topological polar surface area (TPSA) is 30.7 Å². The third-order valence-corrected chi connectivity index (χ3v) is 11.1. The molecule has 0 atom stereocenters. The van der Waals surface area contributed by atoms with Crippen molar-refractivity contribution in [1.29, 1.82) is 0 Å². The molecule has 3 heteroatoms. The Bertz CT molecular complexity index is 3070. The van der Waals surface area contributed by atoms with Crippen LogP contribution in [-0.4, -0.2) is 14.5 Å². The van der Waals surface area contributed by atoms with Gasteiger partial charge in [0.25, 0.3) is 0 Å². The Balaban J connectivity index is 1.39. The summed E-state index contributed by atoms with van der Waals surface area (Å²) in [6, 6.07) is 54.9. The monoisotopic (exact) mass is 637 g/mol. The maximum Gasteiger partial charge on any atom is 0.165 e. The lowest BCUT2D eigenvalue weighted by molar-refractivity contribution is 0.663. The van der Waals surface area contributed by atoms with E-state index in [1.807, 2.05) is 0 Å². The lowest BCUT2D eigenvalue weighted by Gasteiger charge is -2.24. The molecule has 0 bridgehead atoms. The molecular weight excluding hydrogens is 607 g/mol. The summed E-state index contributed by atoms with van der Waals surface area (Å²) in [4.78, 5) is 11.3. The SMILES string of the molecule is CC1(C)c2ccccc2-c2ccc3c4cc5ccccc5cc4n(-c4nc5c(ccc6ccccc65)nc4-c4cccc5ccccc45)c3c21. The van der Waals surface area contributed by atoms with E-state index in [4.69, 9.17) is 9.97 Å². The minimum absolute atomic E-state index is 0.229. The van der Waals surface area contributed by atoms with Crippen molar-refractivity contribution >= 4 is 65.2 Å². The van der Waals surface area contributed by atoms with Gasteiger partial charge in [0.05, 0.1) is 22.1 Å². The molecule has 234 valence electrons. The van der Waals surface area contributed by atoms with Crippen LogP contribution in [0.2, 0.25) is 0 Å². The highest BCUT2D eigenvalue weighted by atomic mass is 15.1. The zero-order valence-electron chi connectivity index (χ0n) is 27.8. The second-order valence-corrected chi connectivity index (χ2v) is 14.2. The van der Waals surface area contributed by atoms with Crippen LogP contribution in [-0.2, 0) is 5.41 Å². The van der Waals surface area contributed by atoms with Gasteiger partial charge < -0.3 is 0 Å². The summed E-state index contributed by atoms with van der Waals surface area (Å²) < 4.78 is 2.45. The van der Waals surface area contributed by atoms with Gasteiger partial charge in [0.2, 0.25) is 0 Å². The van der Waals surface area contributed by atoms with Crippen LogP contribution >= 0.6 is 0 Å². The van der Waals surface area contributed by atoms with Crippen molar-refractivity contribution in [1.82, 2.24) is 14.5 Å². The molecule has 0 saturated heterocycles. The van der Waals surface area contributed by atoms with Crippen LogP contribution in [0.5, 0.6) is 0 Å². The standard InChI is InChI=1S/C47H31N3/c1-47(2)39-21-10-9-19-34(39)35-23-24-37-38-26-30-14-3-4-15-31(30)27-41(38)50(45(37)42(35)47)46-44(36-20-11-16-28-12-5-7-17-32(28)36)48-40-25-22-29-13-6-8-18-33(29)43(40)49-46/h3-27H,1-2H3. The molecular formula is C47H31N3. The van der Waals surface area contributed by atoms with Crippen molar-refractivity contribution in [2.45, 2.75) is 19.3 Å². The molecule has 11 rings (SSSR count). The molecule has 0 unspecified atom stereocenters. The number of hydrogen-bond donors (Lipinski definition) is 0. The first-order valence-electron chi connectivity index (χ1n) is 17.3. The Morgan fingerprint density at radius 1 is 0.480 bits per heavy atom. The second kappa shape index (κ2) is 9.87. The maximum absolute atomic E-state index is 5.73. The lowest BCUT2D eigenvalue weighted by atomic mass is 9.81. The minimum atomic E-state index is -0.229. The van der Waals surface area contributed by atoms with Gasteiger partial charge in [0, 0.05) is 27.1 Å². The molecule has 0 aliphatic heterocycles. The normalized spacial score (nSPS) is 13.6. The van der Waals surface area contributed by atoms with Crippen molar-refractivity contribution < 1.29 is 0 Å². The van der Waals surface area contributed by atoms with Crippen LogP contribution in [0, 0.1) is 0 Å². The van der Waals surface area contributed by atoms with Gasteiger partial charge >= 0.3 is 0 Å². The largest absolute Gasteiger partial charge is 0.292 e. The van der Waals surface area contributed by atoms with E-state index < -0.39 is 0 Å². The van der Waals surface area contributed by atoms with Gasteiger partial charge in [-0.15, -0.1) is 0 Å². The van der Waals surface area contributed by atoms with E-state index in [0.29, 0.717) is 0 Å². The summed E-state index contributed by atoms with van der Waals surface area (Å²) in [5, 5.41) is 9.49. The number of hydrogen-bond acceptors (Lipinski definition) is 2. The molecule has 0 saturated carbocycles. The highest BCUT2D eigenvalue weighted by Gasteiger charge is 2.39. The Kier molecular flexibility index (Phi) is 5.45. The molecule has 3 nitrogen and oxygen atoms in total. The number of nitrogens with zero attached hydrogens (tertiary/aromatic N) is 3. The Morgan fingerprint density at radius 2 is 1.14 bits per heavy atom. The zero-order chi connectivity index (χ0) is 33.1. The number of rotatable bonds is 2. The van der Waals surface area contributed by atoms with Crippen molar-refractivity contribution in [3.05, 3.63) is 163 Å². The van der Waals surface area contributed by atoms with E-state index in [0.717, 1.165) is 49.8 Å². The average molecular weight is 638 g/mol. The summed E-state index contributed by atoms with van der Waals surface area (Å²) in [5.41, 5.74) is 11.1. The highest BCUT2D eigenvalue weighted by molar-refractivity contribution is 6.17. The summed E-state index contributed by atoms with van der Waals surface area (Å²) in [6.07, 6.45) is 0.